The molecule has 1 aliphatic rings. The van der Waals surface area contributed by atoms with E-state index in [0.29, 0.717) is 17.4 Å². The van der Waals surface area contributed by atoms with Crippen molar-refractivity contribution in [2.75, 3.05) is 5.32 Å². The van der Waals surface area contributed by atoms with E-state index in [1.807, 2.05) is 12.1 Å². The summed E-state index contributed by atoms with van der Waals surface area (Å²) in [5.74, 6) is 0.0827. The van der Waals surface area contributed by atoms with Gasteiger partial charge in [-0.15, -0.1) is 0 Å². The highest BCUT2D eigenvalue weighted by atomic mass is 16.4. The number of benzene rings is 2. The van der Waals surface area contributed by atoms with Crippen LogP contribution in [0, 0.1) is 5.92 Å². The van der Waals surface area contributed by atoms with E-state index in [-0.39, 0.29) is 6.04 Å². The molecule has 3 nitrogen and oxygen atoms in total. The number of carbonyl (C=O) groups is 1. The van der Waals surface area contributed by atoms with Gasteiger partial charge in [0.25, 0.3) is 0 Å². The van der Waals surface area contributed by atoms with Gasteiger partial charge >= 0.3 is 5.97 Å². The summed E-state index contributed by atoms with van der Waals surface area (Å²) in [6.45, 7) is 6.73. The van der Waals surface area contributed by atoms with Crippen LogP contribution in [0.25, 0.3) is 0 Å². The van der Waals surface area contributed by atoms with Crippen LogP contribution in [0.1, 0.15) is 66.2 Å². The maximum atomic E-state index is 11.1. The van der Waals surface area contributed by atoms with Crippen LogP contribution in [-0.4, -0.2) is 11.1 Å². The second-order valence-electron chi connectivity index (χ2n) is 6.64. The fourth-order valence-electron chi connectivity index (χ4n) is 4.00. The Morgan fingerprint density at radius 3 is 2.42 bits per heavy atom. The molecular weight excluding hydrogens is 298 g/mol. The fraction of sp³-hybridized carbons (Fsp3) is 0.381. The van der Waals surface area contributed by atoms with Gasteiger partial charge in [-0.2, -0.15) is 0 Å². The molecule has 0 saturated heterocycles. The summed E-state index contributed by atoms with van der Waals surface area (Å²) in [7, 11) is 0. The molecule has 3 atom stereocenters. The number of para-hydroxylation sites is 1. The smallest absolute Gasteiger partial charge is 0.335 e. The zero-order valence-electron chi connectivity index (χ0n) is 14.5. The molecule has 24 heavy (non-hydrogen) atoms. The third kappa shape index (κ3) is 2.79. The minimum Gasteiger partial charge on any atom is -0.478 e. The minimum absolute atomic E-state index is 0.216. The van der Waals surface area contributed by atoms with Gasteiger partial charge in [0.15, 0.2) is 0 Å². The first-order chi connectivity index (χ1) is 11.6. The van der Waals surface area contributed by atoms with Crippen molar-refractivity contribution in [1.29, 1.82) is 0 Å². The van der Waals surface area contributed by atoms with Crippen LogP contribution in [0.15, 0.2) is 42.5 Å². The predicted molar refractivity (Wildman–Crippen MR) is 97.8 cm³/mol. The summed E-state index contributed by atoms with van der Waals surface area (Å²) in [6, 6.07) is 14.1. The number of anilines is 1. The monoisotopic (exact) mass is 323 g/mol. The van der Waals surface area contributed by atoms with Crippen molar-refractivity contribution in [3.63, 3.8) is 0 Å². The SMILES string of the molecule is CCc1cccc2c1N[C@@H](c1ccc(C(=O)O)cc1)[C@@H](CC)[C@H]2C. The molecule has 1 aliphatic heterocycles. The lowest BCUT2D eigenvalue weighted by Gasteiger charge is -2.40. The van der Waals surface area contributed by atoms with Crippen molar-refractivity contribution in [3.05, 3.63) is 64.7 Å². The van der Waals surface area contributed by atoms with Gasteiger partial charge in [-0.1, -0.05) is 57.5 Å². The van der Waals surface area contributed by atoms with Crippen molar-refractivity contribution >= 4 is 11.7 Å². The molecule has 0 saturated carbocycles. The van der Waals surface area contributed by atoms with E-state index >= 15 is 0 Å². The highest BCUT2D eigenvalue weighted by Gasteiger charge is 2.34. The molecular formula is C21H25NO2. The lowest BCUT2D eigenvalue weighted by Crippen LogP contribution is -2.31. The molecule has 0 aliphatic carbocycles. The molecule has 2 N–H and O–H groups in total. The van der Waals surface area contributed by atoms with Crippen LogP contribution < -0.4 is 5.32 Å². The Hall–Kier alpha value is -2.29. The molecule has 0 aromatic heterocycles. The Labute approximate surface area is 143 Å². The van der Waals surface area contributed by atoms with E-state index in [9.17, 15) is 4.79 Å². The molecule has 0 radical (unpaired) electrons. The average molecular weight is 323 g/mol. The van der Waals surface area contributed by atoms with Gasteiger partial charge in [0.05, 0.1) is 11.6 Å². The quantitative estimate of drug-likeness (QED) is 0.808. The number of aryl methyl sites for hydroxylation is 1. The van der Waals surface area contributed by atoms with Gasteiger partial charge < -0.3 is 10.4 Å². The van der Waals surface area contributed by atoms with E-state index in [0.717, 1.165) is 18.4 Å². The second-order valence-corrected chi connectivity index (χ2v) is 6.64. The topological polar surface area (TPSA) is 49.3 Å². The van der Waals surface area contributed by atoms with E-state index in [1.54, 1.807) is 12.1 Å². The van der Waals surface area contributed by atoms with Crippen molar-refractivity contribution in [2.24, 2.45) is 5.92 Å². The first-order valence-electron chi connectivity index (χ1n) is 8.78. The summed E-state index contributed by atoms with van der Waals surface area (Å²) in [4.78, 5) is 11.1. The van der Waals surface area contributed by atoms with Gasteiger partial charge in [0.1, 0.15) is 0 Å². The summed E-state index contributed by atoms with van der Waals surface area (Å²) in [5, 5.41) is 12.9. The number of nitrogens with one attached hydrogen (secondary N) is 1. The third-order valence-corrected chi connectivity index (χ3v) is 5.41. The molecule has 126 valence electrons. The Morgan fingerprint density at radius 2 is 1.83 bits per heavy atom. The van der Waals surface area contributed by atoms with Gasteiger partial charge in [-0.3, -0.25) is 0 Å². The average Bonchev–Trinajstić information content (AvgIpc) is 2.61. The summed E-state index contributed by atoms with van der Waals surface area (Å²) < 4.78 is 0. The molecule has 2 aromatic rings. The van der Waals surface area contributed by atoms with Crippen LogP contribution in [0.4, 0.5) is 5.69 Å². The van der Waals surface area contributed by atoms with E-state index in [4.69, 9.17) is 5.11 Å². The number of hydrogen-bond donors (Lipinski definition) is 2. The largest absolute Gasteiger partial charge is 0.478 e. The van der Waals surface area contributed by atoms with Crippen molar-refractivity contribution in [1.82, 2.24) is 0 Å². The Kier molecular flexibility index (Phi) is 4.61. The molecule has 1 heterocycles. The molecule has 3 rings (SSSR count). The highest BCUT2D eigenvalue weighted by molar-refractivity contribution is 5.87. The zero-order chi connectivity index (χ0) is 17.3. The summed E-state index contributed by atoms with van der Waals surface area (Å²) >= 11 is 0. The third-order valence-electron chi connectivity index (χ3n) is 5.41. The van der Waals surface area contributed by atoms with Crippen LogP contribution in [0.3, 0.4) is 0 Å². The van der Waals surface area contributed by atoms with E-state index in [2.05, 4.69) is 44.3 Å². The number of carboxylic acids is 1. The first kappa shape index (κ1) is 16.6. The predicted octanol–water partition coefficient (Wildman–Crippen LogP) is 5.24. The Morgan fingerprint density at radius 1 is 1.12 bits per heavy atom. The highest BCUT2D eigenvalue weighted by Crippen LogP contribution is 2.47. The summed E-state index contributed by atoms with van der Waals surface area (Å²) in [6.07, 6.45) is 2.08. The van der Waals surface area contributed by atoms with Gasteiger partial charge in [0.2, 0.25) is 0 Å². The lowest BCUT2D eigenvalue weighted by molar-refractivity contribution is 0.0697. The minimum atomic E-state index is -0.878. The Bertz CT molecular complexity index is 736. The van der Waals surface area contributed by atoms with Crippen LogP contribution in [-0.2, 0) is 6.42 Å². The number of hydrogen-bond acceptors (Lipinski definition) is 2. The van der Waals surface area contributed by atoms with Crippen LogP contribution in [0.5, 0.6) is 0 Å². The first-order valence-corrected chi connectivity index (χ1v) is 8.78. The van der Waals surface area contributed by atoms with Gasteiger partial charge in [-0.05, 0) is 47.1 Å². The van der Waals surface area contributed by atoms with Crippen molar-refractivity contribution < 1.29 is 9.90 Å². The number of aromatic carboxylic acids is 1. The maximum Gasteiger partial charge on any atom is 0.335 e. The van der Waals surface area contributed by atoms with Gasteiger partial charge in [-0.25, -0.2) is 4.79 Å². The van der Waals surface area contributed by atoms with Crippen LogP contribution in [0.2, 0.25) is 0 Å². The molecule has 0 spiro atoms. The normalized spacial score (nSPS) is 22.5. The van der Waals surface area contributed by atoms with E-state index in [1.165, 1.54) is 16.8 Å². The maximum absolute atomic E-state index is 11.1. The number of fused-ring (bicyclic) bond motifs is 1. The zero-order valence-corrected chi connectivity index (χ0v) is 14.5. The molecule has 3 heteroatoms. The van der Waals surface area contributed by atoms with Gasteiger partial charge in [0, 0.05) is 5.69 Å². The van der Waals surface area contributed by atoms with E-state index < -0.39 is 5.97 Å². The lowest BCUT2D eigenvalue weighted by atomic mass is 9.74. The molecule has 0 unspecified atom stereocenters. The van der Waals surface area contributed by atoms with Crippen LogP contribution >= 0.6 is 0 Å². The second kappa shape index (κ2) is 6.68. The van der Waals surface area contributed by atoms with Crippen molar-refractivity contribution in [2.45, 2.75) is 45.6 Å². The number of rotatable bonds is 4. The molecule has 0 amide bonds. The fourth-order valence-corrected chi connectivity index (χ4v) is 4.00. The summed E-state index contributed by atoms with van der Waals surface area (Å²) in [5.41, 5.74) is 5.52. The Balaban J connectivity index is 2.02. The molecule has 0 fully saturated rings. The molecule has 2 aromatic carbocycles. The molecule has 0 bridgehead atoms. The number of carboxylic acid groups (broad SMARTS) is 1. The standard InChI is InChI=1S/C21H25NO2/c1-4-14-7-6-8-18-13(3)17(5-2)20(22-19(14)18)15-9-11-16(12-10-15)21(23)24/h6-13,17,20,22H,4-5H2,1-3H3,(H,23,24)/t13-,17+,20+/m1/s1. The van der Waals surface area contributed by atoms with Crippen molar-refractivity contribution in [3.8, 4) is 0 Å².